The Hall–Kier alpha value is -3.23. The zero-order valence-corrected chi connectivity index (χ0v) is 14.5. The Morgan fingerprint density at radius 3 is 2.58 bits per heavy atom. The number of carbonyl (C=O) groups excluding carboxylic acids is 2. The van der Waals surface area contributed by atoms with E-state index in [1.54, 1.807) is 42.3 Å². The summed E-state index contributed by atoms with van der Waals surface area (Å²) in [6.45, 7) is 4.60. The van der Waals surface area contributed by atoms with Gasteiger partial charge >= 0.3 is 6.09 Å². The van der Waals surface area contributed by atoms with E-state index in [0.717, 1.165) is 0 Å². The summed E-state index contributed by atoms with van der Waals surface area (Å²) < 4.78 is 5.01. The maximum atomic E-state index is 12.1. The van der Waals surface area contributed by atoms with Crippen molar-refractivity contribution in [1.82, 2.24) is 20.1 Å². The third kappa shape index (κ3) is 4.24. The molecule has 0 saturated carbocycles. The van der Waals surface area contributed by atoms with E-state index in [1.807, 2.05) is 4.90 Å². The highest BCUT2D eigenvalue weighted by Crippen LogP contribution is 2.15. The summed E-state index contributed by atoms with van der Waals surface area (Å²) >= 11 is 0. The van der Waals surface area contributed by atoms with Crippen LogP contribution in [-0.4, -0.2) is 64.9 Å². The molecule has 2 amide bonds. The van der Waals surface area contributed by atoms with Gasteiger partial charge < -0.3 is 19.9 Å². The van der Waals surface area contributed by atoms with E-state index in [1.165, 1.54) is 6.20 Å². The lowest BCUT2D eigenvalue weighted by Gasteiger charge is -2.34. The molecule has 1 saturated heterocycles. The normalized spacial score (nSPS) is 14.0. The fourth-order valence-corrected chi connectivity index (χ4v) is 2.58. The van der Waals surface area contributed by atoms with Gasteiger partial charge in [-0.1, -0.05) is 0 Å². The molecule has 1 N–H and O–H groups in total. The van der Waals surface area contributed by atoms with Gasteiger partial charge in [0.05, 0.1) is 12.2 Å². The van der Waals surface area contributed by atoms with Crippen molar-refractivity contribution < 1.29 is 14.3 Å². The van der Waals surface area contributed by atoms with Gasteiger partial charge in [-0.05, 0) is 31.2 Å². The molecule has 1 fully saturated rings. The first-order chi connectivity index (χ1) is 12.7. The Kier molecular flexibility index (Phi) is 5.57. The summed E-state index contributed by atoms with van der Waals surface area (Å²) in [6.07, 6.45) is 2.81. The molecule has 0 radical (unpaired) electrons. The van der Waals surface area contributed by atoms with Crippen molar-refractivity contribution in [3.05, 3.63) is 42.2 Å². The summed E-state index contributed by atoms with van der Waals surface area (Å²) in [4.78, 5) is 31.4. The molecule has 3 heterocycles. The average molecular weight is 356 g/mol. The molecule has 0 aromatic carbocycles. The molecule has 2 aromatic heterocycles. The lowest BCUT2D eigenvalue weighted by Crippen LogP contribution is -2.49. The lowest BCUT2D eigenvalue weighted by molar-refractivity contribution is 0.102. The van der Waals surface area contributed by atoms with Crippen molar-refractivity contribution in [2.24, 2.45) is 0 Å². The smallest absolute Gasteiger partial charge is 0.409 e. The quantitative estimate of drug-likeness (QED) is 0.884. The van der Waals surface area contributed by atoms with E-state index < -0.39 is 0 Å². The molecule has 0 aliphatic carbocycles. The van der Waals surface area contributed by atoms with Gasteiger partial charge in [0.15, 0.2) is 11.6 Å². The van der Waals surface area contributed by atoms with E-state index >= 15 is 0 Å². The van der Waals surface area contributed by atoms with Crippen LogP contribution in [0.15, 0.2) is 36.7 Å². The van der Waals surface area contributed by atoms with E-state index in [2.05, 4.69) is 20.5 Å². The molecule has 26 heavy (non-hydrogen) atoms. The summed E-state index contributed by atoms with van der Waals surface area (Å²) in [5.74, 6) is 0.781. The van der Waals surface area contributed by atoms with Crippen LogP contribution >= 0.6 is 0 Å². The third-order valence-corrected chi connectivity index (χ3v) is 3.95. The van der Waals surface area contributed by atoms with Crippen LogP contribution in [-0.2, 0) is 4.74 Å². The number of hydrogen-bond donors (Lipinski definition) is 1. The topological polar surface area (TPSA) is 101 Å². The standard InChI is InChI=1S/C17H20N6O3/c1-2-26-17(25)23-10-8-22(9-11-23)15-6-5-14(20-21-15)19-16(24)13-4-3-7-18-12-13/h3-7,12H,2,8-11H2,1H3,(H,19,20,24). The molecule has 1 aliphatic rings. The Morgan fingerprint density at radius 2 is 1.96 bits per heavy atom. The predicted molar refractivity (Wildman–Crippen MR) is 95.0 cm³/mol. The Morgan fingerprint density at radius 1 is 1.15 bits per heavy atom. The molecular formula is C17H20N6O3. The first kappa shape index (κ1) is 17.6. The molecule has 3 rings (SSSR count). The Bertz CT molecular complexity index is 745. The second-order valence-corrected chi connectivity index (χ2v) is 5.65. The number of pyridine rings is 1. The van der Waals surface area contributed by atoms with Crippen LogP contribution in [0, 0.1) is 0 Å². The van der Waals surface area contributed by atoms with E-state index in [0.29, 0.717) is 50.0 Å². The molecule has 1 aliphatic heterocycles. The van der Waals surface area contributed by atoms with Gasteiger partial charge in [0.2, 0.25) is 0 Å². The second-order valence-electron chi connectivity index (χ2n) is 5.65. The van der Waals surface area contributed by atoms with Gasteiger partial charge in [-0.2, -0.15) is 0 Å². The fraction of sp³-hybridized carbons (Fsp3) is 0.353. The monoisotopic (exact) mass is 356 g/mol. The highest BCUT2D eigenvalue weighted by molar-refractivity contribution is 6.03. The number of nitrogens with zero attached hydrogens (tertiary/aromatic N) is 5. The first-order valence-electron chi connectivity index (χ1n) is 8.39. The van der Waals surface area contributed by atoms with Gasteiger partial charge in [0.25, 0.3) is 5.91 Å². The fourth-order valence-electron chi connectivity index (χ4n) is 2.58. The highest BCUT2D eigenvalue weighted by Gasteiger charge is 2.22. The van der Waals surface area contributed by atoms with Gasteiger partial charge in [0, 0.05) is 38.6 Å². The molecule has 0 spiro atoms. The number of aromatic nitrogens is 3. The van der Waals surface area contributed by atoms with Crippen LogP contribution in [0.25, 0.3) is 0 Å². The Balaban J connectivity index is 1.55. The van der Waals surface area contributed by atoms with Crippen molar-refractivity contribution in [3.63, 3.8) is 0 Å². The summed E-state index contributed by atoms with van der Waals surface area (Å²) in [5, 5.41) is 10.9. The van der Waals surface area contributed by atoms with Crippen LogP contribution in [0.3, 0.4) is 0 Å². The zero-order chi connectivity index (χ0) is 18.4. The number of anilines is 2. The van der Waals surface area contributed by atoms with Gasteiger partial charge in [-0.25, -0.2) is 4.79 Å². The van der Waals surface area contributed by atoms with Crippen molar-refractivity contribution in [2.45, 2.75) is 6.92 Å². The maximum absolute atomic E-state index is 12.1. The summed E-state index contributed by atoms with van der Waals surface area (Å²) in [6, 6.07) is 6.87. The number of rotatable bonds is 4. The molecule has 136 valence electrons. The summed E-state index contributed by atoms with van der Waals surface area (Å²) in [5.41, 5.74) is 0.452. The molecular weight excluding hydrogens is 336 g/mol. The van der Waals surface area contributed by atoms with Crippen molar-refractivity contribution in [2.75, 3.05) is 43.0 Å². The van der Waals surface area contributed by atoms with Crippen molar-refractivity contribution in [1.29, 1.82) is 0 Å². The Labute approximate surface area is 151 Å². The van der Waals surface area contributed by atoms with Crippen molar-refractivity contribution in [3.8, 4) is 0 Å². The number of nitrogens with one attached hydrogen (secondary N) is 1. The molecule has 9 heteroatoms. The molecule has 0 bridgehead atoms. The minimum absolute atomic E-state index is 0.285. The number of carbonyl (C=O) groups is 2. The SMILES string of the molecule is CCOC(=O)N1CCN(c2ccc(NC(=O)c3cccnc3)nn2)CC1. The lowest BCUT2D eigenvalue weighted by atomic mass is 10.2. The molecule has 0 unspecified atom stereocenters. The first-order valence-corrected chi connectivity index (χ1v) is 8.39. The molecule has 9 nitrogen and oxygen atoms in total. The number of amides is 2. The summed E-state index contributed by atoms with van der Waals surface area (Å²) in [7, 11) is 0. The number of piperazine rings is 1. The van der Waals surface area contributed by atoms with Gasteiger partial charge in [-0.15, -0.1) is 10.2 Å². The third-order valence-electron chi connectivity index (χ3n) is 3.95. The average Bonchev–Trinajstić information content (AvgIpc) is 2.69. The number of ether oxygens (including phenoxy) is 1. The predicted octanol–water partition coefficient (Wildman–Crippen LogP) is 1.40. The van der Waals surface area contributed by atoms with E-state index in [-0.39, 0.29) is 12.0 Å². The molecule has 0 atom stereocenters. The van der Waals surface area contributed by atoms with Gasteiger partial charge in [-0.3, -0.25) is 9.78 Å². The van der Waals surface area contributed by atoms with E-state index in [9.17, 15) is 9.59 Å². The van der Waals surface area contributed by atoms with Crippen LogP contribution in [0.5, 0.6) is 0 Å². The van der Waals surface area contributed by atoms with Crippen LogP contribution in [0.4, 0.5) is 16.4 Å². The minimum Gasteiger partial charge on any atom is -0.450 e. The van der Waals surface area contributed by atoms with Crippen LogP contribution < -0.4 is 10.2 Å². The second kappa shape index (κ2) is 8.24. The maximum Gasteiger partial charge on any atom is 0.409 e. The van der Waals surface area contributed by atoms with Crippen LogP contribution in [0.2, 0.25) is 0 Å². The zero-order valence-electron chi connectivity index (χ0n) is 14.5. The minimum atomic E-state index is -0.289. The number of hydrogen-bond acceptors (Lipinski definition) is 7. The largest absolute Gasteiger partial charge is 0.450 e. The van der Waals surface area contributed by atoms with Gasteiger partial charge in [0.1, 0.15) is 0 Å². The van der Waals surface area contributed by atoms with Crippen molar-refractivity contribution >= 4 is 23.6 Å². The van der Waals surface area contributed by atoms with E-state index in [4.69, 9.17) is 4.74 Å². The highest BCUT2D eigenvalue weighted by atomic mass is 16.6. The molecule has 2 aromatic rings. The van der Waals surface area contributed by atoms with Crippen LogP contribution in [0.1, 0.15) is 17.3 Å².